The van der Waals surface area contributed by atoms with Crippen molar-refractivity contribution < 1.29 is 19.3 Å². The summed E-state index contributed by atoms with van der Waals surface area (Å²) in [5.74, 6) is -1.23. The van der Waals surface area contributed by atoms with Crippen LogP contribution in [0, 0.1) is 0 Å². The average molecular weight is 128 g/mol. The predicted octanol–water partition coefficient (Wildman–Crippen LogP) is -0.244. The van der Waals surface area contributed by atoms with Crippen molar-refractivity contribution in [1.29, 1.82) is 0 Å². The molecule has 0 aliphatic carbocycles. The summed E-state index contributed by atoms with van der Waals surface area (Å²) in [6.07, 6.45) is 3.21. The smallest absolute Gasteiger partial charge is 0.280 e. The van der Waals surface area contributed by atoms with E-state index in [-0.39, 0.29) is 0 Å². The van der Waals surface area contributed by atoms with Crippen molar-refractivity contribution in [2.24, 2.45) is 0 Å². The Bertz CT molecular complexity index is 176. The monoisotopic (exact) mass is 128 g/mol. The van der Waals surface area contributed by atoms with E-state index in [1.165, 1.54) is 6.08 Å². The summed E-state index contributed by atoms with van der Waals surface area (Å²) >= 11 is 0. The molecule has 0 saturated carbocycles. The molecule has 4 nitrogen and oxygen atoms in total. The molecule has 0 aromatic rings. The summed E-state index contributed by atoms with van der Waals surface area (Å²) in [6, 6.07) is 0. The molecular weight excluding hydrogens is 124 g/mol. The van der Waals surface area contributed by atoms with Crippen molar-refractivity contribution in [3.05, 3.63) is 12.2 Å². The fraction of sp³-hybridized carbons (Fsp3) is 0.400. The SMILES string of the molecule is O=CC12C=CC(OO1)O2. The number of carbonyl (C=O) groups excluding carboxylic acids is 1. The topological polar surface area (TPSA) is 44.8 Å². The van der Waals surface area contributed by atoms with E-state index in [9.17, 15) is 4.79 Å². The molecule has 48 valence electrons. The van der Waals surface area contributed by atoms with Gasteiger partial charge in [-0.1, -0.05) is 0 Å². The Balaban J connectivity index is 2.33. The first-order chi connectivity index (χ1) is 4.35. The first-order valence-electron chi connectivity index (χ1n) is 2.53. The van der Waals surface area contributed by atoms with E-state index in [2.05, 4.69) is 9.78 Å². The van der Waals surface area contributed by atoms with Crippen LogP contribution in [-0.4, -0.2) is 18.4 Å². The van der Waals surface area contributed by atoms with Gasteiger partial charge in [-0.05, 0) is 12.2 Å². The van der Waals surface area contributed by atoms with Gasteiger partial charge in [0.1, 0.15) is 0 Å². The fourth-order valence-corrected chi connectivity index (χ4v) is 0.781. The van der Waals surface area contributed by atoms with Crippen LogP contribution in [0.15, 0.2) is 12.2 Å². The molecule has 2 bridgehead atoms. The van der Waals surface area contributed by atoms with Crippen LogP contribution in [-0.2, 0) is 19.3 Å². The second-order valence-corrected chi connectivity index (χ2v) is 1.86. The van der Waals surface area contributed by atoms with Gasteiger partial charge in [0.05, 0.1) is 0 Å². The number of carbonyl (C=O) groups is 1. The third kappa shape index (κ3) is 0.548. The number of aldehydes is 1. The maximum absolute atomic E-state index is 10.2. The Hall–Kier alpha value is -0.710. The third-order valence-corrected chi connectivity index (χ3v) is 1.22. The van der Waals surface area contributed by atoms with E-state index < -0.39 is 12.1 Å². The highest BCUT2D eigenvalue weighted by Gasteiger charge is 2.45. The van der Waals surface area contributed by atoms with Gasteiger partial charge in [-0.15, -0.1) is 0 Å². The molecule has 2 unspecified atom stereocenters. The molecule has 0 radical (unpaired) electrons. The minimum atomic E-state index is -1.23. The summed E-state index contributed by atoms with van der Waals surface area (Å²) in [6.45, 7) is 0. The number of ether oxygens (including phenoxy) is 1. The quantitative estimate of drug-likeness (QED) is 0.277. The Morgan fingerprint density at radius 3 is 2.78 bits per heavy atom. The lowest BCUT2D eigenvalue weighted by Crippen LogP contribution is -2.26. The zero-order valence-electron chi connectivity index (χ0n) is 4.44. The largest absolute Gasteiger partial charge is 0.302 e. The zero-order valence-corrected chi connectivity index (χ0v) is 4.44. The molecule has 2 atom stereocenters. The molecule has 2 aliphatic rings. The number of hydrogen-bond acceptors (Lipinski definition) is 4. The van der Waals surface area contributed by atoms with Gasteiger partial charge in [0, 0.05) is 0 Å². The van der Waals surface area contributed by atoms with Gasteiger partial charge in [-0.3, -0.25) is 4.79 Å². The van der Waals surface area contributed by atoms with E-state index >= 15 is 0 Å². The van der Waals surface area contributed by atoms with Crippen LogP contribution in [0.4, 0.5) is 0 Å². The lowest BCUT2D eigenvalue weighted by molar-refractivity contribution is -0.305. The lowest BCUT2D eigenvalue weighted by Gasteiger charge is -2.07. The minimum absolute atomic E-state index is 0.491. The van der Waals surface area contributed by atoms with Crippen LogP contribution in [0.1, 0.15) is 0 Å². The minimum Gasteiger partial charge on any atom is -0.302 e. The van der Waals surface area contributed by atoms with Crippen LogP contribution in [0.3, 0.4) is 0 Å². The molecule has 9 heavy (non-hydrogen) atoms. The van der Waals surface area contributed by atoms with Gasteiger partial charge in [-0.25, -0.2) is 0 Å². The molecule has 2 heterocycles. The van der Waals surface area contributed by atoms with Crippen LogP contribution in [0.25, 0.3) is 0 Å². The summed E-state index contributed by atoms with van der Waals surface area (Å²) in [5.41, 5.74) is 0. The highest BCUT2D eigenvalue weighted by molar-refractivity contribution is 5.64. The van der Waals surface area contributed by atoms with Crippen molar-refractivity contribution in [3.8, 4) is 0 Å². The summed E-state index contributed by atoms with van der Waals surface area (Å²) < 4.78 is 4.89. The molecule has 2 rings (SSSR count). The van der Waals surface area contributed by atoms with Crippen LogP contribution in [0.2, 0.25) is 0 Å². The second-order valence-electron chi connectivity index (χ2n) is 1.86. The number of fused-ring (bicyclic) bond motifs is 2. The Morgan fingerprint density at radius 2 is 2.56 bits per heavy atom. The van der Waals surface area contributed by atoms with Gasteiger partial charge in [0.2, 0.25) is 6.29 Å². The Labute approximate surface area is 50.9 Å². The first-order valence-corrected chi connectivity index (χ1v) is 2.53. The zero-order chi connectivity index (χ0) is 6.32. The lowest BCUT2D eigenvalue weighted by atomic mass is 10.3. The third-order valence-electron chi connectivity index (χ3n) is 1.22. The van der Waals surface area contributed by atoms with E-state index in [1.807, 2.05) is 0 Å². The van der Waals surface area contributed by atoms with Gasteiger partial charge >= 0.3 is 0 Å². The predicted molar refractivity (Wildman–Crippen MR) is 25.0 cm³/mol. The highest BCUT2D eigenvalue weighted by Crippen LogP contribution is 2.31. The number of hydrogen-bond donors (Lipinski definition) is 0. The molecule has 2 aliphatic heterocycles. The van der Waals surface area contributed by atoms with Gasteiger partial charge in [-0.2, -0.15) is 9.78 Å². The first kappa shape index (κ1) is 5.10. The molecule has 0 amide bonds. The molecule has 0 N–H and O–H groups in total. The standard InChI is InChI=1S/C5H4O4/c6-3-5-2-1-4(7-5)8-9-5/h1-4H. The highest BCUT2D eigenvalue weighted by atomic mass is 17.3. The van der Waals surface area contributed by atoms with Gasteiger partial charge in [0.15, 0.2) is 6.29 Å². The van der Waals surface area contributed by atoms with Crippen LogP contribution >= 0.6 is 0 Å². The summed E-state index contributed by atoms with van der Waals surface area (Å²) in [7, 11) is 0. The maximum atomic E-state index is 10.2. The Morgan fingerprint density at radius 1 is 1.67 bits per heavy atom. The summed E-state index contributed by atoms with van der Waals surface area (Å²) in [4.78, 5) is 19.2. The van der Waals surface area contributed by atoms with Gasteiger partial charge < -0.3 is 4.74 Å². The molecule has 0 spiro atoms. The molecular formula is C5H4O4. The molecule has 1 saturated heterocycles. The van der Waals surface area contributed by atoms with E-state index in [0.29, 0.717) is 6.29 Å². The van der Waals surface area contributed by atoms with Crippen LogP contribution in [0.5, 0.6) is 0 Å². The number of rotatable bonds is 1. The maximum Gasteiger partial charge on any atom is 0.280 e. The molecule has 0 aromatic carbocycles. The average Bonchev–Trinajstić information content (AvgIpc) is 2.46. The fourth-order valence-electron chi connectivity index (χ4n) is 0.781. The van der Waals surface area contributed by atoms with Crippen molar-refractivity contribution in [1.82, 2.24) is 0 Å². The normalized spacial score (nSPS) is 46.0. The molecule has 0 aromatic heterocycles. The van der Waals surface area contributed by atoms with E-state index in [1.54, 1.807) is 6.08 Å². The summed E-state index contributed by atoms with van der Waals surface area (Å²) in [5, 5.41) is 0. The van der Waals surface area contributed by atoms with Crippen molar-refractivity contribution in [2.45, 2.75) is 12.1 Å². The second kappa shape index (κ2) is 1.41. The van der Waals surface area contributed by atoms with Crippen molar-refractivity contribution in [3.63, 3.8) is 0 Å². The van der Waals surface area contributed by atoms with Crippen molar-refractivity contribution >= 4 is 6.29 Å². The van der Waals surface area contributed by atoms with Crippen molar-refractivity contribution in [2.75, 3.05) is 0 Å². The van der Waals surface area contributed by atoms with Crippen LogP contribution < -0.4 is 0 Å². The van der Waals surface area contributed by atoms with E-state index in [4.69, 9.17) is 4.74 Å². The van der Waals surface area contributed by atoms with E-state index in [0.717, 1.165) is 0 Å². The Kier molecular flexibility index (Phi) is 0.801. The molecule has 4 heteroatoms. The molecule has 1 fully saturated rings. The van der Waals surface area contributed by atoms with Gasteiger partial charge in [0.25, 0.3) is 5.79 Å².